The monoisotopic (exact) mass is 209 g/mol. The van der Waals surface area contributed by atoms with Gasteiger partial charge in [-0.25, -0.2) is 0 Å². The fourth-order valence-corrected chi connectivity index (χ4v) is 1.17. The van der Waals surface area contributed by atoms with E-state index in [1.54, 1.807) is 12.4 Å². The molecule has 5 nitrogen and oxygen atoms in total. The van der Waals surface area contributed by atoms with Crippen LogP contribution >= 0.6 is 0 Å². The minimum Gasteiger partial charge on any atom is -0.382 e. The Bertz CT molecular complexity index is 341. The SMILES string of the molecule is Cc1cncc(CNCC(O)C(N)=O)c1. The lowest BCUT2D eigenvalue weighted by molar-refractivity contribution is -0.125. The number of primary amides is 1. The van der Waals surface area contributed by atoms with Gasteiger partial charge in [-0.3, -0.25) is 9.78 Å². The third kappa shape index (κ3) is 4.05. The number of nitrogens with two attached hydrogens (primary N) is 1. The summed E-state index contributed by atoms with van der Waals surface area (Å²) in [5, 5.41) is 12.0. The number of carbonyl (C=O) groups excluding carboxylic acids is 1. The molecule has 1 amide bonds. The number of hydrogen-bond donors (Lipinski definition) is 3. The molecule has 0 aliphatic heterocycles. The maximum Gasteiger partial charge on any atom is 0.247 e. The number of nitrogens with zero attached hydrogens (tertiary/aromatic N) is 1. The molecule has 5 heteroatoms. The molecule has 0 aliphatic rings. The predicted octanol–water partition coefficient (Wildman–Crippen LogP) is -0.674. The molecule has 0 radical (unpaired) electrons. The van der Waals surface area contributed by atoms with Crippen molar-refractivity contribution in [3.8, 4) is 0 Å². The zero-order valence-corrected chi connectivity index (χ0v) is 8.60. The molecule has 15 heavy (non-hydrogen) atoms. The van der Waals surface area contributed by atoms with E-state index in [1.165, 1.54) is 0 Å². The van der Waals surface area contributed by atoms with Gasteiger partial charge in [0.25, 0.3) is 0 Å². The second-order valence-corrected chi connectivity index (χ2v) is 3.42. The first-order valence-corrected chi connectivity index (χ1v) is 4.68. The molecule has 0 aromatic carbocycles. The Balaban J connectivity index is 2.35. The number of aliphatic hydroxyl groups is 1. The molecule has 1 rings (SSSR count). The maximum atomic E-state index is 10.5. The van der Waals surface area contributed by atoms with Crippen molar-refractivity contribution in [1.82, 2.24) is 10.3 Å². The third-order valence-electron chi connectivity index (χ3n) is 1.93. The van der Waals surface area contributed by atoms with E-state index in [1.807, 2.05) is 13.0 Å². The second-order valence-electron chi connectivity index (χ2n) is 3.42. The van der Waals surface area contributed by atoms with Crippen molar-refractivity contribution in [2.24, 2.45) is 5.73 Å². The Hall–Kier alpha value is -1.46. The summed E-state index contributed by atoms with van der Waals surface area (Å²) >= 11 is 0. The van der Waals surface area contributed by atoms with Crippen LogP contribution in [-0.2, 0) is 11.3 Å². The van der Waals surface area contributed by atoms with Crippen molar-refractivity contribution in [3.05, 3.63) is 29.6 Å². The number of pyridine rings is 1. The minimum absolute atomic E-state index is 0.156. The van der Waals surface area contributed by atoms with E-state index < -0.39 is 12.0 Å². The van der Waals surface area contributed by atoms with Gasteiger partial charge in [-0.1, -0.05) is 6.07 Å². The molecule has 0 aliphatic carbocycles. The van der Waals surface area contributed by atoms with Crippen LogP contribution in [0.3, 0.4) is 0 Å². The number of carbonyl (C=O) groups is 1. The number of aromatic nitrogens is 1. The fraction of sp³-hybridized carbons (Fsp3) is 0.400. The van der Waals surface area contributed by atoms with Crippen molar-refractivity contribution >= 4 is 5.91 Å². The van der Waals surface area contributed by atoms with E-state index in [-0.39, 0.29) is 6.54 Å². The van der Waals surface area contributed by atoms with Crippen molar-refractivity contribution in [2.75, 3.05) is 6.54 Å². The van der Waals surface area contributed by atoms with Gasteiger partial charge < -0.3 is 16.2 Å². The first-order valence-electron chi connectivity index (χ1n) is 4.68. The summed E-state index contributed by atoms with van der Waals surface area (Å²) in [7, 11) is 0. The van der Waals surface area contributed by atoms with Gasteiger partial charge >= 0.3 is 0 Å². The molecular weight excluding hydrogens is 194 g/mol. The van der Waals surface area contributed by atoms with Gasteiger partial charge in [-0.05, 0) is 18.1 Å². The predicted molar refractivity (Wildman–Crippen MR) is 55.9 cm³/mol. The van der Waals surface area contributed by atoms with E-state index in [9.17, 15) is 4.79 Å². The van der Waals surface area contributed by atoms with E-state index in [0.29, 0.717) is 6.54 Å². The van der Waals surface area contributed by atoms with Crippen LogP contribution in [0, 0.1) is 6.92 Å². The lowest BCUT2D eigenvalue weighted by Gasteiger charge is -2.08. The highest BCUT2D eigenvalue weighted by Gasteiger charge is 2.09. The van der Waals surface area contributed by atoms with Crippen LogP contribution in [0.4, 0.5) is 0 Å². The first-order chi connectivity index (χ1) is 7.09. The Morgan fingerprint density at radius 2 is 2.40 bits per heavy atom. The first kappa shape index (κ1) is 11.6. The zero-order valence-electron chi connectivity index (χ0n) is 8.60. The minimum atomic E-state index is -1.14. The second kappa shape index (κ2) is 5.43. The third-order valence-corrected chi connectivity index (χ3v) is 1.93. The molecule has 4 N–H and O–H groups in total. The highest BCUT2D eigenvalue weighted by molar-refractivity contribution is 5.78. The molecule has 1 atom stereocenters. The number of aryl methyl sites for hydroxylation is 1. The largest absolute Gasteiger partial charge is 0.382 e. The summed E-state index contributed by atoms with van der Waals surface area (Å²) in [5.74, 6) is -0.718. The topological polar surface area (TPSA) is 88.2 Å². The van der Waals surface area contributed by atoms with Gasteiger partial charge in [-0.2, -0.15) is 0 Å². The van der Waals surface area contributed by atoms with Gasteiger partial charge in [0.2, 0.25) is 5.91 Å². The molecule has 0 saturated carbocycles. The van der Waals surface area contributed by atoms with Crippen molar-refractivity contribution in [3.63, 3.8) is 0 Å². The molecule has 82 valence electrons. The lowest BCUT2D eigenvalue weighted by atomic mass is 10.2. The Labute approximate surface area is 88.3 Å². The molecule has 0 fully saturated rings. The van der Waals surface area contributed by atoms with Crippen LogP contribution < -0.4 is 11.1 Å². The van der Waals surface area contributed by atoms with E-state index in [4.69, 9.17) is 10.8 Å². The Kier molecular flexibility index (Phi) is 4.20. The number of aliphatic hydroxyl groups excluding tert-OH is 1. The standard InChI is InChI=1S/C10H15N3O2/c1-7-2-8(4-12-3-7)5-13-6-9(14)10(11)15/h2-4,9,13-14H,5-6H2,1H3,(H2,11,15). The molecule has 1 unspecified atom stereocenters. The molecule has 1 aromatic heterocycles. The summed E-state index contributed by atoms with van der Waals surface area (Å²) in [4.78, 5) is 14.5. The van der Waals surface area contributed by atoms with E-state index >= 15 is 0 Å². The summed E-state index contributed by atoms with van der Waals surface area (Å²) < 4.78 is 0. The van der Waals surface area contributed by atoms with Gasteiger partial charge in [0.1, 0.15) is 6.10 Å². The van der Waals surface area contributed by atoms with Crippen LogP contribution in [-0.4, -0.2) is 28.6 Å². The normalized spacial score (nSPS) is 12.4. The number of rotatable bonds is 5. The van der Waals surface area contributed by atoms with Gasteiger partial charge in [0, 0.05) is 25.5 Å². The lowest BCUT2D eigenvalue weighted by Crippen LogP contribution is -2.37. The molecular formula is C10H15N3O2. The number of amides is 1. The van der Waals surface area contributed by atoms with Crippen molar-refractivity contribution in [2.45, 2.75) is 19.6 Å². The molecule has 0 spiro atoms. The zero-order chi connectivity index (χ0) is 11.3. The number of hydrogen-bond acceptors (Lipinski definition) is 4. The molecule has 1 heterocycles. The summed E-state index contributed by atoms with van der Waals surface area (Å²) in [6, 6.07) is 1.98. The molecule has 0 bridgehead atoms. The van der Waals surface area contributed by atoms with Crippen LogP contribution in [0.1, 0.15) is 11.1 Å². The fourth-order valence-electron chi connectivity index (χ4n) is 1.17. The quantitative estimate of drug-likeness (QED) is 0.600. The summed E-state index contributed by atoms with van der Waals surface area (Å²) in [5.41, 5.74) is 6.98. The highest BCUT2D eigenvalue weighted by Crippen LogP contribution is 2.00. The van der Waals surface area contributed by atoms with Gasteiger partial charge in [-0.15, -0.1) is 0 Å². The van der Waals surface area contributed by atoms with Crippen LogP contribution in [0.2, 0.25) is 0 Å². The van der Waals surface area contributed by atoms with Crippen LogP contribution in [0.5, 0.6) is 0 Å². The molecule has 1 aromatic rings. The van der Waals surface area contributed by atoms with E-state index in [0.717, 1.165) is 11.1 Å². The van der Waals surface area contributed by atoms with E-state index in [2.05, 4.69) is 10.3 Å². The highest BCUT2D eigenvalue weighted by atomic mass is 16.3. The average Bonchev–Trinajstić information content (AvgIpc) is 2.17. The van der Waals surface area contributed by atoms with Crippen molar-refractivity contribution < 1.29 is 9.90 Å². The average molecular weight is 209 g/mol. The number of nitrogens with one attached hydrogen (secondary N) is 1. The maximum absolute atomic E-state index is 10.5. The smallest absolute Gasteiger partial charge is 0.247 e. The summed E-state index contributed by atoms with van der Waals surface area (Å²) in [6.45, 7) is 2.66. The Morgan fingerprint density at radius 1 is 1.67 bits per heavy atom. The van der Waals surface area contributed by atoms with Crippen LogP contribution in [0.25, 0.3) is 0 Å². The summed E-state index contributed by atoms with van der Waals surface area (Å²) in [6.07, 6.45) is 2.36. The molecule has 0 saturated heterocycles. The van der Waals surface area contributed by atoms with Crippen molar-refractivity contribution in [1.29, 1.82) is 0 Å². The van der Waals surface area contributed by atoms with Crippen LogP contribution in [0.15, 0.2) is 18.5 Å². The Morgan fingerprint density at radius 3 is 3.00 bits per heavy atom. The van der Waals surface area contributed by atoms with Gasteiger partial charge in [0.15, 0.2) is 0 Å². The van der Waals surface area contributed by atoms with Gasteiger partial charge in [0.05, 0.1) is 0 Å².